The molecule has 7 heteroatoms. The molecule has 0 radical (unpaired) electrons. The lowest BCUT2D eigenvalue weighted by Crippen LogP contribution is -2.49. The molecule has 7 nitrogen and oxygen atoms in total. The minimum absolute atomic E-state index is 0.468. The average molecular weight is 247 g/mol. The van der Waals surface area contributed by atoms with Crippen molar-refractivity contribution >= 4 is 5.95 Å². The lowest BCUT2D eigenvalue weighted by molar-refractivity contribution is 0.480. The van der Waals surface area contributed by atoms with Crippen LogP contribution >= 0.6 is 0 Å². The molecule has 0 aliphatic carbocycles. The molecule has 0 spiro atoms. The molecule has 0 aromatic carbocycles. The van der Waals surface area contributed by atoms with Crippen LogP contribution in [0.25, 0.3) is 11.5 Å². The van der Waals surface area contributed by atoms with E-state index in [9.17, 15) is 0 Å². The maximum atomic E-state index is 4.51. The second-order valence-electron chi connectivity index (χ2n) is 4.66. The molecule has 2 N–H and O–H groups in total. The normalized spacial score (nSPS) is 20.3. The first-order valence-corrected chi connectivity index (χ1v) is 6.13. The van der Waals surface area contributed by atoms with Crippen molar-refractivity contribution in [3.05, 3.63) is 12.3 Å². The molecule has 3 rings (SSSR count). The Labute approximate surface area is 105 Å². The van der Waals surface area contributed by atoms with Gasteiger partial charge in [0.1, 0.15) is 5.69 Å². The summed E-state index contributed by atoms with van der Waals surface area (Å²) in [6.45, 7) is 5.00. The third-order valence-corrected chi connectivity index (χ3v) is 3.08. The van der Waals surface area contributed by atoms with E-state index in [1.807, 2.05) is 19.3 Å². The summed E-state index contributed by atoms with van der Waals surface area (Å²) < 4.78 is 1.75. The van der Waals surface area contributed by atoms with Crippen molar-refractivity contribution in [3.8, 4) is 11.5 Å². The maximum Gasteiger partial charge on any atom is 0.245 e. The summed E-state index contributed by atoms with van der Waals surface area (Å²) in [5.74, 6) is 1.47. The molecule has 1 atom stereocenters. The number of hydrogen-bond acceptors (Lipinski definition) is 5. The number of anilines is 1. The van der Waals surface area contributed by atoms with Gasteiger partial charge in [0.15, 0.2) is 5.82 Å². The Hall–Kier alpha value is -1.89. The van der Waals surface area contributed by atoms with Crippen molar-refractivity contribution in [2.45, 2.75) is 13.0 Å². The number of H-pyrrole nitrogens is 1. The Morgan fingerprint density at radius 2 is 2.33 bits per heavy atom. The fourth-order valence-corrected chi connectivity index (χ4v) is 2.16. The Morgan fingerprint density at radius 3 is 3.06 bits per heavy atom. The van der Waals surface area contributed by atoms with Crippen LogP contribution in [0.5, 0.6) is 0 Å². The van der Waals surface area contributed by atoms with Crippen LogP contribution in [0.15, 0.2) is 12.3 Å². The van der Waals surface area contributed by atoms with Crippen LogP contribution in [-0.4, -0.2) is 50.6 Å². The molecule has 3 heterocycles. The highest BCUT2D eigenvalue weighted by Gasteiger charge is 2.19. The molecule has 18 heavy (non-hydrogen) atoms. The van der Waals surface area contributed by atoms with E-state index in [4.69, 9.17) is 0 Å². The first-order chi connectivity index (χ1) is 8.72. The van der Waals surface area contributed by atoms with Crippen LogP contribution in [0, 0.1) is 0 Å². The van der Waals surface area contributed by atoms with Gasteiger partial charge in [0, 0.05) is 38.9 Å². The van der Waals surface area contributed by atoms with Gasteiger partial charge >= 0.3 is 0 Å². The minimum atomic E-state index is 0.468. The second-order valence-corrected chi connectivity index (χ2v) is 4.66. The van der Waals surface area contributed by atoms with Gasteiger partial charge in [-0.05, 0) is 13.0 Å². The summed E-state index contributed by atoms with van der Waals surface area (Å²) >= 11 is 0. The predicted molar refractivity (Wildman–Crippen MR) is 68.3 cm³/mol. The van der Waals surface area contributed by atoms with Gasteiger partial charge in [-0.3, -0.25) is 9.78 Å². The van der Waals surface area contributed by atoms with Crippen molar-refractivity contribution in [3.63, 3.8) is 0 Å². The number of aryl methyl sites for hydroxylation is 1. The van der Waals surface area contributed by atoms with E-state index in [-0.39, 0.29) is 0 Å². The molecule has 0 bridgehead atoms. The van der Waals surface area contributed by atoms with E-state index in [0.717, 1.165) is 37.1 Å². The Balaban J connectivity index is 1.80. The zero-order valence-electron chi connectivity index (χ0n) is 10.6. The lowest BCUT2D eigenvalue weighted by atomic mass is 10.2. The van der Waals surface area contributed by atoms with Crippen molar-refractivity contribution in [2.24, 2.45) is 7.05 Å². The summed E-state index contributed by atoms with van der Waals surface area (Å²) in [5.41, 5.74) is 0.819. The molecular weight excluding hydrogens is 230 g/mol. The van der Waals surface area contributed by atoms with Crippen LogP contribution in [0.2, 0.25) is 0 Å². The van der Waals surface area contributed by atoms with Crippen LogP contribution in [0.3, 0.4) is 0 Å². The third kappa shape index (κ3) is 2.08. The van der Waals surface area contributed by atoms with Crippen molar-refractivity contribution in [1.29, 1.82) is 0 Å². The first kappa shape index (κ1) is 11.2. The molecule has 1 fully saturated rings. The molecule has 2 aromatic rings. The Morgan fingerprint density at radius 1 is 1.44 bits per heavy atom. The highest BCUT2D eigenvalue weighted by molar-refractivity contribution is 5.50. The summed E-state index contributed by atoms with van der Waals surface area (Å²) in [7, 11) is 1.89. The average Bonchev–Trinajstić information content (AvgIpc) is 2.97. The Kier molecular flexibility index (Phi) is 2.75. The predicted octanol–water partition coefficient (Wildman–Crippen LogP) is 0.00330. The largest absolute Gasteiger partial charge is 0.337 e. The van der Waals surface area contributed by atoms with Crippen molar-refractivity contribution in [2.75, 3.05) is 24.5 Å². The quantitative estimate of drug-likeness (QED) is 0.781. The molecule has 1 aliphatic rings. The van der Waals surface area contributed by atoms with Crippen LogP contribution in [0.1, 0.15) is 6.92 Å². The number of aromatic nitrogens is 5. The monoisotopic (exact) mass is 247 g/mol. The number of aromatic amines is 1. The van der Waals surface area contributed by atoms with Gasteiger partial charge in [-0.1, -0.05) is 0 Å². The molecule has 1 saturated heterocycles. The van der Waals surface area contributed by atoms with Gasteiger partial charge < -0.3 is 10.2 Å². The van der Waals surface area contributed by atoms with Crippen molar-refractivity contribution in [1.82, 2.24) is 30.3 Å². The minimum Gasteiger partial charge on any atom is -0.337 e. The number of nitrogens with zero attached hydrogens (tertiary/aromatic N) is 5. The van der Waals surface area contributed by atoms with Crippen molar-refractivity contribution < 1.29 is 0 Å². The molecule has 0 unspecified atom stereocenters. The molecule has 0 saturated carbocycles. The summed E-state index contributed by atoms with van der Waals surface area (Å²) in [6.07, 6.45) is 1.89. The summed E-state index contributed by atoms with van der Waals surface area (Å²) in [6, 6.07) is 2.39. The fourth-order valence-electron chi connectivity index (χ4n) is 2.16. The van der Waals surface area contributed by atoms with E-state index >= 15 is 0 Å². The second kappa shape index (κ2) is 4.41. The highest BCUT2D eigenvalue weighted by Crippen LogP contribution is 2.16. The van der Waals surface area contributed by atoms with E-state index in [1.54, 1.807) is 4.68 Å². The van der Waals surface area contributed by atoms with Crippen LogP contribution in [-0.2, 0) is 7.05 Å². The first-order valence-electron chi connectivity index (χ1n) is 6.13. The van der Waals surface area contributed by atoms with Gasteiger partial charge in [0.25, 0.3) is 0 Å². The molecule has 1 aliphatic heterocycles. The standard InChI is InChI=1S/C11H17N7/c1-8-7-18(6-4-12-8)11-13-10(14-15-11)9-3-5-17(2)16-9/h3,5,8,12H,4,6-7H2,1-2H3,(H,13,14,15)/t8-/m1/s1. The maximum absolute atomic E-state index is 4.51. The summed E-state index contributed by atoms with van der Waals surface area (Å²) in [5, 5.41) is 14.9. The van der Waals surface area contributed by atoms with E-state index in [2.05, 4.69) is 37.4 Å². The molecule has 96 valence electrons. The van der Waals surface area contributed by atoms with Gasteiger partial charge in [0.05, 0.1) is 0 Å². The van der Waals surface area contributed by atoms with E-state index in [0.29, 0.717) is 6.04 Å². The Bertz CT molecular complexity index is 529. The number of nitrogens with one attached hydrogen (secondary N) is 2. The fraction of sp³-hybridized carbons (Fsp3) is 0.545. The van der Waals surface area contributed by atoms with Gasteiger partial charge in [0.2, 0.25) is 5.95 Å². The van der Waals surface area contributed by atoms with Gasteiger partial charge in [-0.2, -0.15) is 10.1 Å². The molecule has 2 aromatic heterocycles. The SMILES string of the molecule is C[C@@H]1CN(c2n[nH]c(-c3ccn(C)n3)n2)CCN1. The third-order valence-electron chi connectivity index (χ3n) is 3.08. The van der Waals surface area contributed by atoms with E-state index < -0.39 is 0 Å². The highest BCUT2D eigenvalue weighted by atomic mass is 15.4. The van der Waals surface area contributed by atoms with Crippen LogP contribution in [0.4, 0.5) is 5.95 Å². The number of piperazine rings is 1. The lowest BCUT2D eigenvalue weighted by Gasteiger charge is -2.30. The molecular formula is C11H17N7. The van der Waals surface area contributed by atoms with E-state index in [1.165, 1.54) is 0 Å². The molecule has 0 amide bonds. The number of rotatable bonds is 2. The zero-order chi connectivity index (χ0) is 12.5. The summed E-state index contributed by atoms with van der Waals surface area (Å²) in [4.78, 5) is 6.69. The number of hydrogen-bond donors (Lipinski definition) is 2. The van der Waals surface area contributed by atoms with Gasteiger partial charge in [-0.25, -0.2) is 0 Å². The zero-order valence-corrected chi connectivity index (χ0v) is 10.6. The van der Waals surface area contributed by atoms with Gasteiger partial charge in [-0.15, -0.1) is 5.10 Å². The van der Waals surface area contributed by atoms with Crippen LogP contribution < -0.4 is 10.2 Å². The smallest absolute Gasteiger partial charge is 0.245 e. The topological polar surface area (TPSA) is 74.7 Å².